The molecule has 1 N–H and O–H groups in total. The Morgan fingerprint density at radius 3 is 2.75 bits per heavy atom. The summed E-state index contributed by atoms with van der Waals surface area (Å²) in [6.45, 7) is 1.74. The highest BCUT2D eigenvalue weighted by Gasteiger charge is 2.19. The van der Waals surface area contributed by atoms with Gasteiger partial charge in [-0.1, -0.05) is 12.1 Å². The first-order valence-corrected chi connectivity index (χ1v) is 4.79. The largest absolute Gasteiger partial charge is 0.478 e. The molecule has 1 aromatic heterocycles. The molecule has 0 saturated carbocycles. The van der Waals surface area contributed by atoms with E-state index >= 15 is 0 Å². The topological polar surface area (TPSA) is 66.0 Å². The zero-order chi connectivity index (χ0) is 11.9. The minimum Gasteiger partial charge on any atom is -0.478 e. The Balaban J connectivity index is 3.02. The first-order chi connectivity index (χ1) is 7.57. The summed E-state index contributed by atoms with van der Waals surface area (Å²) in [5.74, 6) is -0.960. The number of nitriles is 1. The Labute approximate surface area is 92.3 Å². The molecular formula is C12H10N2O2. The SMILES string of the molecule is Cc1c(C(=O)O)c2cccc(C#N)c2n1C. The Morgan fingerprint density at radius 1 is 1.50 bits per heavy atom. The summed E-state index contributed by atoms with van der Waals surface area (Å²) in [7, 11) is 1.77. The number of fused-ring (bicyclic) bond motifs is 1. The molecule has 80 valence electrons. The number of hydrogen-bond acceptors (Lipinski definition) is 2. The average Bonchev–Trinajstić information content (AvgIpc) is 2.51. The van der Waals surface area contributed by atoms with Gasteiger partial charge in [0.05, 0.1) is 16.6 Å². The standard InChI is InChI=1S/C12H10N2O2/c1-7-10(12(15)16)9-5-3-4-8(6-13)11(9)14(7)2/h3-5H,1-2H3,(H,15,16). The second-order valence-electron chi connectivity index (χ2n) is 3.64. The highest BCUT2D eigenvalue weighted by molar-refractivity contribution is 6.06. The summed E-state index contributed by atoms with van der Waals surface area (Å²) >= 11 is 0. The van der Waals surface area contributed by atoms with Crippen molar-refractivity contribution in [3.63, 3.8) is 0 Å². The minimum absolute atomic E-state index is 0.273. The summed E-state index contributed by atoms with van der Waals surface area (Å²) < 4.78 is 1.75. The Morgan fingerprint density at radius 2 is 2.19 bits per heavy atom. The maximum absolute atomic E-state index is 11.2. The fraction of sp³-hybridized carbons (Fsp3) is 0.167. The zero-order valence-corrected chi connectivity index (χ0v) is 8.98. The summed E-state index contributed by atoms with van der Waals surface area (Å²) in [5, 5.41) is 18.7. The summed E-state index contributed by atoms with van der Waals surface area (Å²) in [6, 6.07) is 7.19. The van der Waals surface area contributed by atoms with Gasteiger partial charge >= 0.3 is 5.97 Å². The quantitative estimate of drug-likeness (QED) is 0.790. The third-order valence-electron chi connectivity index (χ3n) is 2.84. The summed E-state index contributed by atoms with van der Waals surface area (Å²) in [4.78, 5) is 11.2. The number of aromatic nitrogens is 1. The molecule has 1 heterocycles. The molecule has 0 unspecified atom stereocenters. The molecular weight excluding hydrogens is 204 g/mol. The number of nitrogens with zero attached hydrogens (tertiary/aromatic N) is 2. The van der Waals surface area contributed by atoms with Crippen LogP contribution in [0.2, 0.25) is 0 Å². The van der Waals surface area contributed by atoms with Crippen molar-refractivity contribution < 1.29 is 9.90 Å². The minimum atomic E-state index is -0.960. The van der Waals surface area contributed by atoms with Crippen LogP contribution in [0.3, 0.4) is 0 Å². The van der Waals surface area contributed by atoms with E-state index in [0.717, 1.165) is 0 Å². The third-order valence-corrected chi connectivity index (χ3v) is 2.84. The van der Waals surface area contributed by atoms with E-state index in [4.69, 9.17) is 10.4 Å². The maximum Gasteiger partial charge on any atom is 0.338 e. The fourth-order valence-electron chi connectivity index (χ4n) is 2.00. The van der Waals surface area contributed by atoms with Crippen LogP contribution in [0, 0.1) is 18.3 Å². The summed E-state index contributed by atoms with van der Waals surface area (Å²) in [6.07, 6.45) is 0. The number of aryl methyl sites for hydroxylation is 1. The van der Waals surface area contributed by atoms with Crippen LogP contribution in [-0.2, 0) is 7.05 Å². The van der Waals surface area contributed by atoms with Crippen LogP contribution in [0.15, 0.2) is 18.2 Å². The second kappa shape index (κ2) is 3.38. The molecule has 0 saturated heterocycles. The van der Waals surface area contributed by atoms with Crippen molar-refractivity contribution in [2.24, 2.45) is 7.05 Å². The molecule has 0 bridgehead atoms. The van der Waals surface area contributed by atoms with Crippen LogP contribution in [0.4, 0.5) is 0 Å². The van der Waals surface area contributed by atoms with Gasteiger partial charge in [-0.05, 0) is 13.0 Å². The number of hydrogen-bond donors (Lipinski definition) is 1. The van der Waals surface area contributed by atoms with E-state index in [1.165, 1.54) is 0 Å². The van der Waals surface area contributed by atoms with E-state index in [0.29, 0.717) is 22.2 Å². The maximum atomic E-state index is 11.2. The molecule has 4 nitrogen and oxygen atoms in total. The van der Waals surface area contributed by atoms with E-state index in [1.807, 2.05) is 0 Å². The predicted molar refractivity (Wildman–Crippen MR) is 59.3 cm³/mol. The molecule has 0 aliphatic rings. The van der Waals surface area contributed by atoms with Gasteiger partial charge in [-0.2, -0.15) is 5.26 Å². The predicted octanol–water partition coefficient (Wildman–Crippen LogP) is 2.06. The van der Waals surface area contributed by atoms with Crippen molar-refractivity contribution in [3.05, 3.63) is 35.0 Å². The van der Waals surface area contributed by atoms with Gasteiger partial charge in [-0.15, -0.1) is 0 Å². The number of carboxylic acids is 1. The lowest BCUT2D eigenvalue weighted by atomic mass is 10.1. The van der Waals surface area contributed by atoms with Crippen LogP contribution < -0.4 is 0 Å². The van der Waals surface area contributed by atoms with Gasteiger partial charge < -0.3 is 9.67 Å². The van der Waals surface area contributed by atoms with Gasteiger partial charge in [-0.25, -0.2) is 4.79 Å². The van der Waals surface area contributed by atoms with Crippen LogP contribution in [0.1, 0.15) is 21.6 Å². The average molecular weight is 214 g/mol. The molecule has 0 atom stereocenters. The van der Waals surface area contributed by atoms with Crippen molar-refractivity contribution >= 4 is 16.9 Å². The number of rotatable bonds is 1. The van der Waals surface area contributed by atoms with Crippen LogP contribution in [0.5, 0.6) is 0 Å². The van der Waals surface area contributed by atoms with Crippen molar-refractivity contribution in [2.45, 2.75) is 6.92 Å². The van der Waals surface area contributed by atoms with Gasteiger partial charge in [0.2, 0.25) is 0 Å². The number of carbonyl (C=O) groups is 1. The highest BCUT2D eigenvalue weighted by atomic mass is 16.4. The lowest BCUT2D eigenvalue weighted by Gasteiger charge is -1.99. The Kier molecular flexibility index (Phi) is 2.17. The van der Waals surface area contributed by atoms with Crippen LogP contribution in [-0.4, -0.2) is 15.6 Å². The summed E-state index contributed by atoms with van der Waals surface area (Å²) in [5.41, 5.74) is 2.11. The molecule has 1 aromatic carbocycles. The molecule has 0 fully saturated rings. The molecule has 0 aliphatic heterocycles. The number of benzene rings is 1. The van der Waals surface area contributed by atoms with Crippen molar-refractivity contribution in [3.8, 4) is 6.07 Å². The molecule has 0 spiro atoms. The van der Waals surface area contributed by atoms with Crippen LogP contribution >= 0.6 is 0 Å². The third kappa shape index (κ3) is 1.18. The zero-order valence-electron chi connectivity index (χ0n) is 8.98. The molecule has 2 aromatic rings. The molecule has 4 heteroatoms. The van der Waals surface area contributed by atoms with Gasteiger partial charge in [0.1, 0.15) is 6.07 Å². The van der Waals surface area contributed by atoms with E-state index in [2.05, 4.69) is 6.07 Å². The first kappa shape index (κ1) is 10.2. The molecule has 0 radical (unpaired) electrons. The van der Waals surface area contributed by atoms with E-state index in [-0.39, 0.29) is 5.56 Å². The molecule has 0 amide bonds. The Hall–Kier alpha value is -2.28. The van der Waals surface area contributed by atoms with E-state index < -0.39 is 5.97 Å². The van der Waals surface area contributed by atoms with E-state index in [9.17, 15) is 4.79 Å². The number of aromatic carboxylic acids is 1. The lowest BCUT2D eigenvalue weighted by molar-refractivity contribution is 0.0698. The normalized spacial score (nSPS) is 10.3. The monoisotopic (exact) mass is 214 g/mol. The fourth-order valence-corrected chi connectivity index (χ4v) is 2.00. The highest BCUT2D eigenvalue weighted by Crippen LogP contribution is 2.27. The van der Waals surface area contributed by atoms with E-state index in [1.54, 1.807) is 36.7 Å². The van der Waals surface area contributed by atoms with Gasteiger partial charge in [-0.3, -0.25) is 0 Å². The number of para-hydroxylation sites is 1. The van der Waals surface area contributed by atoms with Gasteiger partial charge in [0, 0.05) is 18.1 Å². The first-order valence-electron chi connectivity index (χ1n) is 4.79. The van der Waals surface area contributed by atoms with Gasteiger partial charge in [0.25, 0.3) is 0 Å². The second-order valence-corrected chi connectivity index (χ2v) is 3.64. The van der Waals surface area contributed by atoms with Gasteiger partial charge in [0.15, 0.2) is 0 Å². The van der Waals surface area contributed by atoms with Crippen LogP contribution in [0.25, 0.3) is 10.9 Å². The van der Waals surface area contributed by atoms with Crippen molar-refractivity contribution in [1.29, 1.82) is 5.26 Å². The number of carboxylic acid groups (broad SMARTS) is 1. The molecule has 0 aliphatic carbocycles. The van der Waals surface area contributed by atoms with Crippen molar-refractivity contribution in [2.75, 3.05) is 0 Å². The van der Waals surface area contributed by atoms with Crippen molar-refractivity contribution in [1.82, 2.24) is 4.57 Å². The Bertz CT molecular complexity index is 632. The lowest BCUT2D eigenvalue weighted by Crippen LogP contribution is -1.99. The molecule has 16 heavy (non-hydrogen) atoms. The molecule has 2 rings (SSSR count). The smallest absolute Gasteiger partial charge is 0.338 e.